The van der Waals surface area contributed by atoms with Crippen molar-refractivity contribution in [2.75, 3.05) is 24.7 Å². The summed E-state index contributed by atoms with van der Waals surface area (Å²) >= 11 is 0. The average Bonchev–Trinajstić information content (AvgIpc) is 3.41. The van der Waals surface area contributed by atoms with E-state index in [9.17, 15) is 0 Å². The predicted octanol–water partition coefficient (Wildman–Crippen LogP) is 4.99. The highest BCUT2D eigenvalue weighted by Crippen LogP contribution is 2.35. The molecule has 2 aromatic heterocycles. The van der Waals surface area contributed by atoms with Gasteiger partial charge in [0.1, 0.15) is 5.82 Å². The van der Waals surface area contributed by atoms with Crippen molar-refractivity contribution < 1.29 is 0 Å². The minimum atomic E-state index is 0.604. The molecule has 1 N–H and O–H groups in total. The molecule has 1 aliphatic carbocycles. The van der Waals surface area contributed by atoms with E-state index < -0.39 is 0 Å². The van der Waals surface area contributed by atoms with E-state index in [4.69, 9.17) is 4.98 Å². The smallest absolute Gasteiger partial charge is 0.205 e. The van der Waals surface area contributed by atoms with Crippen LogP contribution in [0.4, 0.5) is 5.82 Å². The van der Waals surface area contributed by atoms with Gasteiger partial charge in [-0.3, -0.25) is 4.90 Å². The highest BCUT2D eigenvalue weighted by Gasteiger charge is 2.32. The van der Waals surface area contributed by atoms with Gasteiger partial charge in [-0.05, 0) is 46.6 Å². The predicted molar refractivity (Wildman–Crippen MR) is 146 cm³/mol. The second kappa shape index (κ2) is 10.1. The number of aryl methyl sites for hydroxylation is 1. The Balaban J connectivity index is 1.29. The van der Waals surface area contributed by atoms with Crippen molar-refractivity contribution in [2.45, 2.75) is 53.1 Å². The zero-order chi connectivity index (χ0) is 25.4. The lowest BCUT2D eigenvalue weighted by molar-refractivity contribution is 0.231. The van der Waals surface area contributed by atoms with E-state index in [1.165, 1.54) is 42.3 Å². The molecule has 0 amide bonds. The van der Waals surface area contributed by atoms with Crippen LogP contribution in [0.3, 0.4) is 0 Å². The lowest BCUT2D eigenvalue weighted by atomic mass is 9.98. The Morgan fingerprint density at radius 1 is 1.03 bits per heavy atom. The van der Waals surface area contributed by atoms with E-state index in [-0.39, 0.29) is 0 Å². The minimum Gasteiger partial charge on any atom is -0.342 e. The van der Waals surface area contributed by atoms with Crippen LogP contribution in [0.15, 0.2) is 48.5 Å². The molecule has 0 spiro atoms. The molecular weight excluding hydrogens is 460 g/mol. The summed E-state index contributed by atoms with van der Waals surface area (Å²) in [6.07, 6.45) is 3.70. The van der Waals surface area contributed by atoms with Gasteiger partial charge in [0, 0.05) is 38.2 Å². The van der Waals surface area contributed by atoms with E-state index in [0.717, 1.165) is 55.3 Å². The Bertz CT molecular complexity index is 1340. The molecule has 0 saturated heterocycles. The number of fused-ring (bicyclic) bond motifs is 1. The lowest BCUT2D eigenvalue weighted by Gasteiger charge is -2.37. The van der Waals surface area contributed by atoms with Crippen LogP contribution in [-0.4, -0.2) is 54.8 Å². The molecule has 0 radical (unpaired) electrons. The van der Waals surface area contributed by atoms with Gasteiger partial charge in [0.2, 0.25) is 5.82 Å². The van der Waals surface area contributed by atoms with Crippen molar-refractivity contribution in [3.8, 4) is 22.5 Å². The fourth-order valence-electron chi connectivity index (χ4n) is 5.51. The number of nitrogens with one attached hydrogen (secondary N) is 1. The second-order valence-corrected chi connectivity index (χ2v) is 10.9. The van der Waals surface area contributed by atoms with Gasteiger partial charge < -0.3 is 9.47 Å². The van der Waals surface area contributed by atoms with Gasteiger partial charge in [-0.1, -0.05) is 69.3 Å². The maximum Gasteiger partial charge on any atom is 0.205 e. The minimum absolute atomic E-state index is 0.604. The zero-order valence-electron chi connectivity index (χ0n) is 22.1. The summed E-state index contributed by atoms with van der Waals surface area (Å²) in [5, 5.41) is 14.7. The first-order valence-electron chi connectivity index (χ1n) is 13.6. The molecule has 4 aromatic rings. The molecule has 1 aliphatic heterocycles. The van der Waals surface area contributed by atoms with Gasteiger partial charge in [-0.2, -0.15) is 5.21 Å². The number of rotatable bonds is 9. The number of hydrogen-bond donors (Lipinski definition) is 1. The van der Waals surface area contributed by atoms with Gasteiger partial charge in [0.15, 0.2) is 5.82 Å². The van der Waals surface area contributed by atoms with Crippen LogP contribution >= 0.6 is 0 Å². The summed E-state index contributed by atoms with van der Waals surface area (Å²) in [5.41, 5.74) is 5.87. The van der Waals surface area contributed by atoms with Gasteiger partial charge in [-0.15, -0.1) is 10.2 Å². The molecule has 1 saturated carbocycles. The third-order valence-corrected chi connectivity index (χ3v) is 7.41. The van der Waals surface area contributed by atoms with Gasteiger partial charge in [-0.25, -0.2) is 4.98 Å². The van der Waals surface area contributed by atoms with E-state index in [1.54, 1.807) is 0 Å². The van der Waals surface area contributed by atoms with Gasteiger partial charge in [0.25, 0.3) is 0 Å². The molecule has 0 bridgehead atoms. The summed E-state index contributed by atoms with van der Waals surface area (Å²) < 4.78 is 2.48. The first kappa shape index (κ1) is 23.9. The summed E-state index contributed by atoms with van der Waals surface area (Å²) in [4.78, 5) is 10.3. The number of aromatic nitrogens is 6. The fraction of sp³-hybridized carbons (Fsp3) is 0.448. The molecule has 8 heteroatoms. The molecule has 192 valence electrons. The molecule has 2 aliphatic rings. The van der Waals surface area contributed by atoms with Crippen LogP contribution in [0.25, 0.3) is 22.5 Å². The molecule has 0 atom stereocenters. The van der Waals surface area contributed by atoms with Crippen molar-refractivity contribution in [1.82, 2.24) is 35.1 Å². The number of nitrogens with zero attached hydrogens (tertiary/aromatic N) is 7. The normalized spacial score (nSPS) is 15.9. The van der Waals surface area contributed by atoms with Crippen LogP contribution in [-0.2, 0) is 19.5 Å². The van der Waals surface area contributed by atoms with E-state index >= 15 is 0 Å². The molecule has 6 rings (SSSR count). The third kappa shape index (κ3) is 5.03. The zero-order valence-corrected chi connectivity index (χ0v) is 22.1. The van der Waals surface area contributed by atoms with Crippen LogP contribution in [0, 0.1) is 11.8 Å². The monoisotopic (exact) mass is 496 g/mol. The Labute approximate surface area is 218 Å². The van der Waals surface area contributed by atoms with Crippen molar-refractivity contribution in [3.05, 3.63) is 65.6 Å². The number of benzene rings is 2. The van der Waals surface area contributed by atoms with Crippen LogP contribution in [0.5, 0.6) is 0 Å². The second-order valence-electron chi connectivity index (χ2n) is 10.9. The summed E-state index contributed by atoms with van der Waals surface area (Å²) in [6, 6.07) is 17.1. The number of tetrazole rings is 1. The number of anilines is 1. The molecule has 8 nitrogen and oxygen atoms in total. The van der Waals surface area contributed by atoms with Crippen molar-refractivity contribution >= 4 is 5.82 Å². The SMILES string of the molecule is CCc1nc2c(n1Cc1ccc(-c3ccccc3-c3nn[nH]n3)cc1)CN(CC1CC1)CN2CC(C)C. The first-order valence-corrected chi connectivity index (χ1v) is 13.6. The maximum absolute atomic E-state index is 5.17. The average molecular weight is 497 g/mol. The van der Waals surface area contributed by atoms with E-state index in [1.807, 2.05) is 12.1 Å². The fourth-order valence-corrected chi connectivity index (χ4v) is 5.51. The summed E-state index contributed by atoms with van der Waals surface area (Å²) in [6.45, 7) is 11.9. The first-order chi connectivity index (χ1) is 18.1. The van der Waals surface area contributed by atoms with E-state index in [0.29, 0.717) is 11.7 Å². The third-order valence-electron chi connectivity index (χ3n) is 7.41. The number of H-pyrrole nitrogens is 1. The topological polar surface area (TPSA) is 78.8 Å². The highest BCUT2D eigenvalue weighted by atomic mass is 15.5. The van der Waals surface area contributed by atoms with E-state index in [2.05, 4.69) is 92.2 Å². The molecule has 1 fully saturated rings. The number of hydrogen-bond acceptors (Lipinski definition) is 6. The summed E-state index contributed by atoms with van der Waals surface area (Å²) in [7, 11) is 0. The lowest BCUT2D eigenvalue weighted by Crippen LogP contribution is -2.45. The molecule has 3 heterocycles. The summed E-state index contributed by atoms with van der Waals surface area (Å²) in [5.74, 6) is 4.47. The van der Waals surface area contributed by atoms with Crippen molar-refractivity contribution in [1.29, 1.82) is 0 Å². The molecule has 37 heavy (non-hydrogen) atoms. The van der Waals surface area contributed by atoms with Crippen molar-refractivity contribution in [2.24, 2.45) is 11.8 Å². The standard InChI is InChI=1S/C29H36N8/c1-4-27-30-29-26(18-35(16-21-9-10-21)19-36(29)15-20(2)3)37(27)17-22-11-13-23(14-12-22)24-7-5-6-8-25(24)28-31-33-34-32-28/h5-8,11-14,20-21H,4,9-10,15-19H2,1-3H3,(H,31,32,33,34). The van der Waals surface area contributed by atoms with Gasteiger partial charge in [0.05, 0.1) is 12.4 Å². The maximum atomic E-state index is 5.17. The Morgan fingerprint density at radius 3 is 2.49 bits per heavy atom. The Hall–Kier alpha value is -3.52. The molecule has 0 unspecified atom stereocenters. The van der Waals surface area contributed by atoms with Crippen LogP contribution in [0.1, 0.15) is 50.7 Å². The number of aromatic amines is 1. The Kier molecular flexibility index (Phi) is 6.50. The quantitative estimate of drug-likeness (QED) is 0.352. The van der Waals surface area contributed by atoms with Gasteiger partial charge >= 0.3 is 0 Å². The largest absolute Gasteiger partial charge is 0.342 e. The van der Waals surface area contributed by atoms with Crippen molar-refractivity contribution in [3.63, 3.8) is 0 Å². The Morgan fingerprint density at radius 2 is 1.81 bits per heavy atom. The molecule has 2 aromatic carbocycles. The highest BCUT2D eigenvalue weighted by molar-refractivity contribution is 5.80. The van der Waals surface area contributed by atoms with Crippen LogP contribution in [0.2, 0.25) is 0 Å². The van der Waals surface area contributed by atoms with Crippen LogP contribution < -0.4 is 4.90 Å². The number of imidazole rings is 1. The molecular formula is C29H36N8.